The molecule has 142 valence electrons. The third-order valence-corrected chi connectivity index (χ3v) is 4.09. The predicted molar refractivity (Wildman–Crippen MR) is 111 cm³/mol. The zero-order valence-corrected chi connectivity index (χ0v) is 17.8. The molecule has 1 aromatic carbocycles. The van der Waals surface area contributed by atoms with E-state index < -0.39 is 0 Å². The molecule has 2 atom stereocenters. The fraction of sp³-hybridized carbons (Fsp3) is 0.611. The van der Waals surface area contributed by atoms with Crippen molar-refractivity contribution < 1.29 is 14.2 Å². The van der Waals surface area contributed by atoms with E-state index in [1.165, 1.54) is 0 Å². The summed E-state index contributed by atoms with van der Waals surface area (Å²) < 4.78 is 16.9. The highest BCUT2D eigenvalue weighted by Crippen LogP contribution is 2.23. The second kappa shape index (κ2) is 10.7. The topological polar surface area (TPSA) is 64.1 Å². The van der Waals surface area contributed by atoms with Crippen LogP contribution in [0.1, 0.15) is 26.7 Å². The highest BCUT2D eigenvalue weighted by atomic mass is 127. The van der Waals surface area contributed by atoms with E-state index >= 15 is 0 Å². The van der Waals surface area contributed by atoms with E-state index in [-0.39, 0.29) is 35.7 Å². The van der Waals surface area contributed by atoms with Crippen molar-refractivity contribution in [1.82, 2.24) is 10.6 Å². The van der Waals surface area contributed by atoms with Gasteiger partial charge in [-0.05, 0) is 38.8 Å². The van der Waals surface area contributed by atoms with E-state index in [2.05, 4.69) is 22.5 Å². The van der Waals surface area contributed by atoms with Crippen LogP contribution in [0.5, 0.6) is 11.5 Å². The summed E-state index contributed by atoms with van der Waals surface area (Å²) in [4.78, 5) is 4.25. The van der Waals surface area contributed by atoms with Gasteiger partial charge in [-0.3, -0.25) is 4.99 Å². The van der Waals surface area contributed by atoms with Crippen LogP contribution >= 0.6 is 24.0 Å². The summed E-state index contributed by atoms with van der Waals surface area (Å²) in [5, 5.41) is 6.61. The molecule has 1 aliphatic heterocycles. The van der Waals surface area contributed by atoms with Crippen LogP contribution in [0.3, 0.4) is 0 Å². The van der Waals surface area contributed by atoms with Crippen molar-refractivity contribution in [1.29, 1.82) is 0 Å². The smallest absolute Gasteiger partial charge is 0.191 e. The van der Waals surface area contributed by atoms with Gasteiger partial charge >= 0.3 is 0 Å². The molecule has 0 aliphatic carbocycles. The van der Waals surface area contributed by atoms with Crippen LogP contribution in [0.15, 0.2) is 29.3 Å². The third kappa shape index (κ3) is 7.27. The summed E-state index contributed by atoms with van der Waals surface area (Å²) in [6.45, 7) is 6.39. The Balaban J connectivity index is 0.00000312. The van der Waals surface area contributed by atoms with Gasteiger partial charge in [0.05, 0.1) is 19.3 Å². The molecule has 0 saturated carbocycles. The number of halogens is 1. The number of guanidine groups is 1. The number of nitrogens with one attached hydrogen (secondary N) is 2. The first-order valence-corrected chi connectivity index (χ1v) is 8.44. The van der Waals surface area contributed by atoms with Crippen LogP contribution in [0.2, 0.25) is 0 Å². The van der Waals surface area contributed by atoms with E-state index in [9.17, 15) is 0 Å². The van der Waals surface area contributed by atoms with Crippen LogP contribution < -0.4 is 20.1 Å². The first-order valence-electron chi connectivity index (χ1n) is 8.44. The molecule has 25 heavy (non-hydrogen) atoms. The SMILES string of the molecule is CN=C(NCC(C)Oc1cccc(OC)c1)NCC1(C)CCCO1.I. The van der Waals surface area contributed by atoms with Crippen LogP contribution in [-0.2, 0) is 4.74 Å². The van der Waals surface area contributed by atoms with Crippen molar-refractivity contribution in [3.05, 3.63) is 24.3 Å². The third-order valence-electron chi connectivity index (χ3n) is 4.09. The summed E-state index contributed by atoms with van der Waals surface area (Å²) in [6.07, 6.45) is 2.19. The number of methoxy groups -OCH3 is 1. The molecule has 1 saturated heterocycles. The van der Waals surface area contributed by atoms with Crippen LogP contribution in [0, 0.1) is 0 Å². The molecule has 0 bridgehead atoms. The highest BCUT2D eigenvalue weighted by Gasteiger charge is 2.29. The van der Waals surface area contributed by atoms with E-state index in [1.807, 2.05) is 31.2 Å². The zero-order valence-electron chi connectivity index (χ0n) is 15.5. The number of benzene rings is 1. The Hall–Kier alpha value is -1.22. The molecule has 1 aliphatic rings. The average Bonchev–Trinajstić information content (AvgIpc) is 3.02. The summed E-state index contributed by atoms with van der Waals surface area (Å²) in [7, 11) is 3.41. The maximum Gasteiger partial charge on any atom is 0.191 e. The Bertz CT molecular complexity index is 548. The Labute approximate surface area is 167 Å². The minimum absolute atomic E-state index is 0. The molecular formula is C18H30IN3O3. The average molecular weight is 463 g/mol. The lowest BCUT2D eigenvalue weighted by Crippen LogP contribution is -2.47. The fourth-order valence-corrected chi connectivity index (χ4v) is 2.66. The van der Waals surface area contributed by atoms with Gasteiger partial charge in [-0.2, -0.15) is 0 Å². The zero-order chi connectivity index (χ0) is 17.4. The Morgan fingerprint density at radius 2 is 2.12 bits per heavy atom. The lowest BCUT2D eigenvalue weighted by molar-refractivity contribution is 0.0242. The molecule has 0 amide bonds. The number of ether oxygens (including phenoxy) is 3. The Morgan fingerprint density at radius 3 is 2.76 bits per heavy atom. The van der Waals surface area contributed by atoms with E-state index in [1.54, 1.807) is 14.2 Å². The van der Waals surface area contributed by atoms with Crippen LogP contribution in [-0.4, -0.2) is 51.5 Å². The maximum absolute atomic E-state index is 5.90. The maximum atomic E-state index is 5.90. The number of hydrogen-bond donors (Lipinski definition) is 2. The summed E-state index contributed by atoms with van der Waals surface area (Å²) in [5.74, 6) is 2.33. The van der Waals surface area contributed by atoms with Gasteiger partial charge in [-0.1, -0.05) is 6.07 Å². The molecule has 0 aromatic heterocycles. The number of rotatable bonds is 7. The van der Waals surface area contributed by atoms with Crippen LogP contribution in [0.4, 0.5) is 0 Å². The second-order valence-electron chi connectivity index (χ2n) is 6.32. The molecule has 2 unspecified atom stereocenters. The molecule has 6 nitrogen and oxygen atoms in total. The van der Waals surface area contributed by atoms with Gasteiger partial charge in [0.2, 0.25) is 0 Å². The van der Waals surface area contributed by atoms with Gasteiger partial charge < -0.3 is 24.8 Å². The number of aliphatic imine (C=N–C) groups is 1. The van der Waals surface area contributed by atoms with Gasteiger partial charge in [-0.25, -0.2) is 0 Å². The standard InChI is InChI=1S/C18H29N3O3.HI/c1-14(24-16-8-5-7-15(11-16)22-4)12-20-17(19-3)21-13-18(2)9-6-10-23-18;/h5,7-8,11,14H,6,9-10,12-13H2,1-4H3,(H2,19,20,21);1H. The lowest BCUT2D eigenvalue weighted by atomic mass is 10.0. The lowest BCUT2D eigenvalue weighted by Gasteiger charge is -2.25. The summed E-state index contributed by atoms with van der Waals surface area (Å²) in [5.41, 5.74) is -0.0969. The van der Waals surface area contributed by atoms with Crippen molar-refractivity contribution in [2.45, 2.75) is 38.4 Å². The Morgan fingerprint density at radius 1 is 1.36 bits per heavy atom. The normalized spacial score (nSPS) is 21.2. The van der Waals surface area contributed by atoms with Crippen molar-refractivity contribution in [2.75, 3.05) is 33.9 Å². The second-order valence-corrected chi connectivity index (χ2v) is 6.32. The number of nitrogens with zero attached hydrogens (tertiary/aromatic N) is 1. The summed E-state index contributed by atoms with van der Waals surface area (Å²) in [6, 6.07) is 7.61. The van der Waals surface area contributed by atoms with Gasteiger partial charge in [0.1, 0.15) is 17.6 Å². The number of hydrogen-bond acceptors (Lipinski definition) is 4. The minimum Gasteiger partial charge on any atom is -0.497 e. The highest BCUT2D eigenvalue weighted by molar-refractivity contribution is 14.0. The van der Waals surface area contributed by atoms with Crippen molar-refractivity contribution >= 4 is 29.9 Å². The largest absolute Gasteiger partial charge is 0.497 e. The first kappa shape index (κ1) is 21.8. The van der Waals surface area contributed by atoms with E-state index in [4.69, 9.17) is 14.2 Å². The van der Waals surface area contributed by atoms with Crippen molar-refractivity contribution in [2.24, 2.45) is 4.99 Å². The molecule has 2 N–H and O–H groups in total. The minimum atomic E-state index is -0.0969. The molecule has 0 radical (unpaired) electrons. The fourth-order valence-electron chi connectivity index (χ4n) is 2.66. The predicted octanol–water partition coefficient (Wildman–Crippen LogP) is 2.81. The molecular weight excluding hydrogens is 433 g/mol. The Kier molecular flexibility index (Phi) is 9.34. The summed E-state index contributed by atoms with van der Waals surface area (Å²) >= 11 is 0. The van der Waals surface area contributed by atoms with Gasteiger partial charge in [-0.15, -0.1) is 24.0 Å². The first-order chi connectivity index (χ1) is 11.5. The van der Waals surface area contributed by atoms with Gasteiger partial charge in [0.15, 0.2) is 5.96 Å². The van der Waals surface area contributed by atoms with E-state index in [0.29, 0.717) is 6.54 Å². The molecule has 0 spiro atoms. The van der Waals surface area contributed by atoms with Crippen LogP contribution in [0.25, 0.3) is 0 Å². The molecule has 1 fully saturated rings. The van der Waals surface area contributed by atoms with Gasteiger partial charge in [0.25, 0.3) is 0 Å². The van der Waals surface area contributed by atoms with E-state index in [0.717, 1.165) is 43.5 Å². The quantitative estimate of drug-likeness (QED) is 0.370. The van der Waals surface area contributed by atoms with Gasteiger partial charge in [0, 0.05) is 26.3 Å². The molecule has 2 rings (SSSR count). The monoisotopic (exact) mass is 463 g/mol. The molecule has 1 aromatic rings. The van der Waals surface area contributed by atoms with Crippen molar-refractivity contribution in [3.63, 3.8) is 0 Å². The molecule has 7 heteroatoms. The van der Waals surface area contributed by atoms with Crippen molar-refractivity contribution in [3.8, 4) is 11.5 Å². The molecule has 1 heterocycles.